The number of nitrogens with zero attached hydrogens (tertiary/aromatic N) is 3. The number of aliphatic carboxylic acids is 1. The number of aryl methyl sites for hydroxylation is 1. The molecule has 0 saturated carbocycles. The Bertz CT molecular complexity index is 1330. The van der Waals surface area contributed by atoms with Crippen LogP contribution < -0.4 is 16.0 Å². The zero-order chi connectivity index (χ0) is 25.7. The SMILES string of the molecule is Cc1cc(Cl)cc(C(=O)NCC(=O)NCC(=O)O)c1NC(=O)c1cc(Br)nn1-c1ncccc1Cl. The van der Waals surface area contributed by atoms with Crippen molar-refractivity contribution in [1.29, 1.82) is 0 Å². The number of anilines is 1. The summed E-state index contributed by atoms with van der Waals surface area (Å²) in [7, 11) is 0. The van der Waals surface area contributed by atoms with E-state index in [9.17, 15) is 19.2 Å². The highest BCUT2D eigenvalue weighted by atomic mass is 79.9. The van der Waals surface area contributed by atoms with Crippen LogP contribution in [0.3, 0.4) is 0 Å². The Kier molecular flexibility index (Phi) is 8.43. The van der Waals surface area contributed by atoms with Crippen molar-refractivity contribution in [2.75, 3.05) is 18.4 Å². The molecule has 4 N–H and O–H groups in total. The largest absolute Gasteiger partial charge is 0.480 e. The van der Waals surface area contributed by atoms with E-state index in [0.29, 0.717) is 10.2 Å². The molecule has 0 aliphatic heterocycles. The average Bonchev–Trinajstić information content (AvgIpc) is 3.19. The Hall–Kier alpha value is -3.48. The molecule has 0 aliphatic carbocycles. The van der Waals surface area contributed by atoms with E-state index in [1.807, 2.05) is 0 Å². The van der Waals surface area contributed by atoms with Crippen LogP contribution in [0.15, 0.2) is 41.1 Å². The van der Waals surface area contributed by atoms with E-state index >= 15 is 0 Å². The van der Waals surface area contributed by atoms with Crippen LogP contribution in [0.5, 0.6) is 0 Å². The second-order valence-electron chi connectivity index (χ2n) is 7.03. The number of hydrogen-bond acceptors (Lipinski definition) is 6. The van der Waals surface area contributed by atoms with Gasteiger partial charge in [0.25, 0.3) is 11.8 Å². The first-order valence-corrected chi connectivity index (χ1v) is 11.4. The highest BCUT2D eigenvalue weighted by molar-refractivity contribution is 9.10. The molecular weight excluding hydrogens is 567 g/mol. The third-order valence-corrected chi connectivity index (χ3v) is 5.38. The lowest BCUT2D eigenvalue weighted by Gasteiger charge is -2.15. The zero-order valence-corrected chi connectivity index (χ0v) is 21.0. The van der Waals surface area contributed by atoms with Crippen LogP contribution in [-0.4, -0.2) is 56.7 Å². The van der Waals surface area contributed by atoms with Gasteiger partial charge in [-0.05, 0) is 52.7 Å². The van der Waals surface area contributed by atoms with E-state index in [-0.39, 0.29) is 32.8 Å². The molecule has 2 aromatic heterocycles. The molecule has 0 bridgehead atoms. The van der Waals surface area contributed by atoms with Gasteiger partial charge in [-0.25, -0.2) is 9.67 Å². The summed E-state index contributed by atoms with van der Waals surface area (Å²) >= 11 is 15.6. The van der Waals surface area contributed by atoms with Gasteiger partial charge < -0.3 is 21.1 Å². The van der Waals surface area contributed by atoms with Crippen molar-refractivity contribution in [3.05, 3.63) is 68.0 Å². The summed E-state index contributed by atoms with van der Waals surface area (Å²) in [5.74, 6) is -3.03. The van der Waals surface area contributed by atoms with Gasteiger partial charge in [0.05, 0.1) is 22.8 Å². The summed E-state index contributed by atoms with van der Waals surface area (Å²) in [6.07, 6.45) is 1.50. The molecule has 0 atom stereocenters. The third-order valence-electron chi connectivity index (χ3n) is 4.48. The van der Waals surface area contributed by atoms with E-state index in [2.05, 4.69) is 42.0 Å². The minimum absolute atomic E-state index is 0.00427. The summed E-state index contributed by atoms with van der Waals surface area (Å²) < 4.78 is 1.60. The van der Waals surface area contributed by atoms with E-state index < -0.39 is 36.8 Å². The number of rotatable bonds is 8. The summed E-state index contributed by atoms with van der Waals surface area (Å²) in [5, 5.41) is 20.5. The monoisotopic (exact) mass is 582 g/mol. The Labute approximate surface area is 216 Å². The van der Waals surface area contributed by atoms with Gasteiger partial charge in [0, 0.05) is 17.3 Å². The molecule has 3 aromatic rings. The molecule has 0 fully saturated rings. The van der Waals surface area contributed by atoms with E-state index in [4.69, 9.17) is 28.3 Å². The van der Waals surface area contributed by atoms with Crippen LogP contribution in [0.25, 0.3) is 5.82 Å². The standard InChI is InChI=1S/C21H17BrCl2N6O5/c1-10-5-11(23)6-12(20(34)27-8-16(31)26-9-17(32)33)18(10)28-21(35)14-7-15(22)29-30(14)19-13(24)3-2-4-25-19/h2-7H,8-9H2,1H3,(H,26,31)(H,27,34)(H,28,35)(H,32,33). The van der Waals surface area contributed by atoms with Crippen LogP contribution >= 0.6 is 39.1 Å². The van der Waals surface area contributed by atoms with Crippen molar-refractivity contribution in [3.8, 4) is 5.82 Å². The summed E-state index contributed by atoms with van der Waals surface area (Å²) in [5.41, 5.74) is 0.702. The molecular formula is C21H17BrCl2N6O5. The zero-order valence-electron chi connectivity index (χ0n) is 17.9. The Balaban J connectivity index is 1.87. The Morgan fingerprint density at radius 3 is 2.51 bits per heavy atom. The lowest BCUT2D eigenvalue weighted by atomic mass is 10.1. The predicted octanol–water partition coefficient (Wildman–Crippen LogP) is 2.83. The average molecular weight is 584 g/mol. The smallest absolute Gasteiger partial charge is 0.322 e. The first-order valence-electron chi connectivity index (χ1n) is 9.81. The molecule has 0 spiro atoms. The molecule has 182 valence electrons. The maximum Gasteiger partial charge on any atom is 0.322 e. The van der Waals surface area contributed by atoms with Gasteiger partial charge in [0.2, 0.25) is 5.91 Å². The molecule has 0 radical (unpaired) electrons. The van der Waals surface area contributed by atoms with E-state index in [1.54, 1.807) is 25.1 Å². The quantitative estimate of drug-likeness (QED) is 0.318. The molecule has 1 aromatic carbocycles. The van der Waals surface area contributed by atoms with E-state index in [0.717, 1.165) is 0 Å². The van der Waals surface area contributed by atoms with Crippen molar-refractivity contribution in [1.82, 2.24) is 25.4 Å². The molecule has 14 heteroatoms. The first-order chi connectivity index (χ1) is 16.6. The number of carbonyl (C=O) groups is 4. The molecule has 0 unspecified atom stereocenters. The lowest BCUT2D eigenvalue weighted by molar-refractivity contribution is -0.137. The van der Waals surface area contributed by atoms with Crippen molar-refractivity contribution in [2.24, 2.45) is 0 Å². The first kappa shape index (κ1) is 26.1. The maximum absolute atomic E-state index is 13.2. The fraction of sp³-hybridized carbons (Fsp3) is 0.143. The third kappa shape index (κ3) is 6.56. The van der Waals surface area contributed by atoms with Crippen molar-refractivity contribution in [2.45, 2.75) is 6.92 Å². The van der Waals surface area contributed by atoms with Gasteiger partial charge in [-0.3, -0.25) is 19.2 Å². The molecule has 0 saturated heterocycles. The molecule has 3 rings (SSSR count). The van der Waals surface area contributed by atoms with Gasteiger partial charge in [-0.2, -0.15) is 5.10 Å². The highest BCUT2D eigenvalue weighted by Gasteiger charge is 2.22. The Morgan fingerprint density at radius 1 is 1.09 bits per heavy atom. The van der Waals surface area contributed by atoms with Crippen LogP contribution in [0.4, 0.5) is 5.69 Å². The number of carboxylic acids is 1. The summed E-state index contributed by atoms with van der Waals surface area (Å²) in [4.78, 5) is 52.5. The number of hydrogen-bond donors (Lipinski definition) is 4. The van der Waals surface area contributed by atoms with Crippen LogP contribution in [0.2, 0.25) is 10.0 Å². The van der Waals surface area contributed by atoms with Gasteiger partial charge in [0.1, 0.15) is 16.8 Å². The second-order valence-corrected chi connectivity index (χ2v) is 8.68. The topological polar surface area (TPSA) is 155 Å². The van der Waals surface area contributed by atoms with Crippen molar-refractivity contribution in [3.63, 3.8) is 0 Å². The minimum Gasteiger partial charge on any atom is -0.480 e. The van der Waals surface area contributed by atoms with Crippen LogP contribution in [0.1, 0.15) is 26.4 Å². The van der Waals surface area contributed by atoms with Gasteiger partial charge >= 0.3 is 5.97 Å². The number of halogens is 3. The number of nitrogens with one attached hydrogen (secondary N) is 3. The Morgan fingerprint density at radius 2 is 1.83 bits per heavy atom. The maximum atomic E-state index is 13.2. The predicted molar refractivity (Wildman–Crippen MR) is 131 cm³/mol. The number of carbonyl (C=O) groups excluding carboxylic acids is 3. The number of benzene rings is 1. The number of amides is 3. The van der Waals surface area contributed by atoms with Crippen LogP contribution in [0, 0.1) is 6.92 Å². The van der Waals surface area contributed by atoms with Crippen molar-refractivity contribution < 1.29 is 24.3 Å². The summed E-state index contributed by atoms with van der Waals surface area (Å²) in [6, 6.07) is 7.57. The second kappa shape index (κ2) is 11.3. The molecule has 0 aliphatic rings. The molecule has 3 amide bonds. The van der Waals surface area contributed by atoms with Gasteiger partial charge in [-0.1, -0.05) is 23.2 Å². The van der Waals surface area contributed by atoms with Gasteiger partial charge in [-0.15, -0.1) is 0 Å². The number of aromatic nitrogens is 3. The minimum atomic E-state index is -1.22. The number of pyridine rings is 1. The molecule has 35 heavy (non-hydrogen) atoms. The molecule has 2 heterocycles. The number of carboxylic acid groups (broad SMARTS) is 1. The fourth-order valence-corrected chi connectivity index (χ4v) is 3.82. The fourth-order valence-electron chi connectivity index (χ4n) is 2.97. The molecule has 11 nitrogen and oxygen atoms in total. The highest BCUT2D eigenvalue weighted by Crippen LogP contribution is 2.27. The summed E-state index contributed by atoms with van der Waals surface area (Å²) in [6.45, 7) is 0.569. The normalized spacial score (nSPS) is 10.5. The van der Waals surface area contributed by atoms with E-state index in [1.165, 1.54) is 23.0 Å². The van der Waals surface area contributed by atoms with Gasteiger partial charge in [0.15, 0.2) is 5.82 Å². The van der Waals surface area contributed by atoms with Crippen LogP contribution in [-0.2, 0) is 9.59 Å². The lowest BCUT2D eigenvalue weighted by Crippen LogP contribution is -2.39. The van der Waals surface area contributed by atoms with Crippen molar-refractivity contribution >= 4 is 68.5 Å².